The third-order valence-electron chi connectivity index (χ3n) is 4.01. The van der Waals surface area contributed by atoms with Crippen LogP contribution in [0.1, 0.15) is 20.7 Å². The van der Waals surface area contributed by atoms with Crippen molar-refractivity contribution in [3.63, 3.8) is 0 Å². The normalized spacial score (nSPS) is 11.0. The molecule has 0 saturated heterocycles. The summed E-state index contributed by atoms with van der Waals surface area (Å²) in [6.07, 6.45) is 0. The van der Waals surface area contributed by atoms with Gasteiger partial charge >= 0.3 is 0 Å². The number of halogens is 1. The smallest absolute Gasteiger partial charge is 0.269 e. The van der Waals surface area contributed by atoms with Gasteiger partial charge in [0.1, 0.15) is 0 Å². The number of carbonyl (C=O) groups is 3. The summed E-state index contributed by atoms with van der Waals surface area (Å²) in [5, 5.41) is -0.0244. The van der Waals surface area contributed by atoms with Crippen LogP contribution < -0.4 is 26.1 Å². The van der Waals surface area contributed by atoms with Gasteiger partial charge in [0.15, 0.2) is 18.1 Å². The average molecular weight is 485 g/mol. The van der Waals surface area contributed by atoms with Crippen molar-refractivity contribution in [2.45, 2.75) is 4.90 Å². The number of nitrogens with zero attached hydrogens (tertiary/aromatic N) is 1. The Hall–Kier alpha value is -3.35. The van der Waals surface area contributed by atoms with Crippen molar-refractivity contribution < 1.29 is 32.3 Å². The molecule has 172 valence electrons. The van der Waals surface area contributed by atoms with E-state index in [4.69, 9.17) is 26.8 Å². The first-order valence-corrected chi connectivity index (χ1v) is 10.7. The summed E-state index contributed by atoms with van der Waals surface area (Å²) >= 11 is 6.10. The van der Waals surface area contributed by atoms with Crippen molar-refractivity contribution in [1.29, 1.82) is 0 Å². The maximum absolute atomic E-state index is 12.4. The van der Waals surface area contributed by atoms with Gasteiger partial charge in [-0.1, -0.05) is 17.7 Å². The van der Waals surface area contributed by atoms with Gasteiger partial charge in [0.05, 0.1) is 17.0 Å². The summed E-state index contributed by atoms with van der Waals surface area (Å²) in [5.41, 5.74) is 9.46. The summed E-state index contributed by atoms with van der Waals surface area (Å²) in [7, 11) is 0.303. The predicted molar refractivity (Wildman–Crippen MR) is 115 cm³/mol. The minimum absolute atomic E-state index is 0.0130. The van der Waals surface area contributed by atoms with Crippen LogP contribution in [0.3, 0.4) is 0 Å². The minimum Gasteiger partial charge on any atom is -0.493 e. The maximum atomic E-state index is 12.4. The molecule has 0 aliphatic rings. The number of primary amides is 1. The number of rotatable bonds is 8. The van der Waals surface area contributed by atoms with E-state index in [-0.39, 0.29) is 32.5 Å². The summed E-state index contributed by atoms with van der Waals surface area (Å²) in [6.45, 7) is -0.444. The molecule has 3 amide bonds. The second-order valence-corrected chi connectivity index (χ2v) is 9.03. The zero-order valence-electron chi connectivity index (χ0n) is 17.3. The van der Waals surface area contributed by atoms with Crippen molar-refractivity contribution in [3.05, 3.63) is 52.5 Å². The standard InChI is InChI=1S/C19H21ClN4O7S/c1-24(2)32(28,29)13-6-4-5-11(7-13)18(26)22-23-19(27)12-8-14(20)17(15(9-12)30-3)31-10-16(21)25/h4-9H,10H2,1-3H3,(H2,21,25)(H,22,26)(H,23,27). The third kappa shape index (κ3) is 5.87. The minimum atomic E-state index is -3.74. The third-order valence-corrected chi connectivity index (χ3v) is 6.11. The van der Waals surface area contributed by atoms with Gasteiger partial charge in [-0.05, 0) is 30.3 Å². The van der Waals surface area contributed by atoms with Crippen LogP contribution in [0.15, 0.2) is 41.3 Å². The topological polar surface area (TPSA) is 157 Å². The molecule has 2 aromatic carbocycles. The first kappa shape index (κ1) is 24.9. The van der Waals surface area contributed by atoms with Crippen molar-refractivity contribution in [3.8, 4) is 11.5 Å². The van der Waals surface area contributed by atoms with Crippen LogP contribution in [-0.2, 0) is 14.8 Å². The molecule has 0 spiro atoms. The van der Waals surface area contributed by atoms with E-state index >= 15 is 0 Å². The van der Waals surface area contributed by atoms with E-state index in [2.05, 4.69) is 10.9 Å². The molecule has 2 rings (SSSR count). The number of amides is 3. The lowest BCUT2D eigenvalue weighted by atomic mass is 10.2. The number of carbonyl (C=O) groups excluding carboxylic acids is 3. The molecule has 4 N–H and O–H groups in total. The maximum Gasteiger partial charge on any atom is 0.269 e. The van der Waals surface area contributed by atoms with Crippen molar-refractivity contribution in [2.24, 2.45) is 5.73 Å². The van der Waals surface area contributed by atoms with E-state index in [1.165, 1.54) is 57.6 Å². The Morgan fingerprint density at radius 2 is 1.69 bits per heavy atom. The molecule has 0 atom stereocenters. The summed E-state index contributed by atoms with van der Waals surface area (Å²) < 4.78 is 35.8. The van der Waals surface area contributed by atoms with Gasteiger partial charge in [0, 0.05) is 25.2 Å². The van der Waals surface area contributed by atoms with Gasteiger partial charge in [0.25, 0.3) is 17.7 Å². The first-order valence-electron chi connectivity index (χ1n) is 8.89. The highest BCUT2D eigenvalue weighted by molar-refractivity contribution is 7.89. The average Bonchev–Trinajstić information content (AvgIpc) is 2.75. The molecule has 13 heteroatoms. The lowest BCUT2D eigenvalue weighted by Gasteiger charge is -2.14. The van der Waals surface area contributed by atoms with E-state index < -0.39 is 34.4 Å². The largest absolute Gasteiger partial charge is 0.493 e. The molecule has 0 radical (unpaired) electrons. The van der Waals surface area contributed by atoms with Crippen LogP contribution in [0.2, 0.25) is 5.02 Å². The molecular formula is C19H21ClN4O7S. The molecule has 2 aromatic rings. The number of sulfonamides is 1. The fourth-order valence-corrected chi connectivity index (χ4v) is 3.61. The predicted octanol–water partition coefficient (Wildman–Crippen LogP) is 0.538. The molecule has 32 heavy (non-hydrogen) atoms. The number of methoxy groups -OCH3 is 1. The first-order chi connectivity index (χ1) is 15.0. The molecule has 0 heterocycles. The SMILES string of the molecule is COc1cc(C(=O)NNC(=O)c2cccc(S(=O)(=O)N(C)C)c2)cc(Cl)c1OCC(N)=O. The number of hydrazine groups is 1. The van der Waals surface area contributed by atoms with Crippen LogP contribution in [0.5, 0.6) is 11.5 Å². The van der Waals surface area contributed by atoms with E-state index in [9.17, 15) is 22.8 Å². The van der Waals surface area contributed by atoms with Gasteiger partial charge in [-0.3, -0.25) is 25.2 Å². The van der Waals surface area contributed by atoms with Crippen molar-refractivity contribution in [1.82, 2.24) is 15.2 Å². The van der Waals surface area contributed by atoms with Crippen LogP contribution >= 0.6 is 11.6 Å². The molecule has 0 saturated carbocycles. The summed E-state index contributed by atoms with van der Waals surface area (Å²) in [5.74, 6) is -2.12. The lowest BCUT2D eigenvalue weighted by molar-refractivity contribution is -0.119. The van der Waals surface area contributed by atoms with Crippen LogP contribution in [0, 0.1) is 0 Å². The highest BCUT2D eigenvalue weighted by Gasteiger charge is 2.20. The number of hydrogen-bond acceptors (Lipinski definition) is 7. The van der Waals surface area contributed by atoms with Gasteiger partial charge in [-0.25, -0.2) is 12.7 Å². The zero-order valence-corrected chi connectivity index (χ0v) is 18.9. The summed E-state index contributed by atoms with van der Waals surface area (Å²) in [4.78, 5) is 35.6. The van der Waals surface area contributed by atoms with Crippen molar-refractivity contribution >= 4 is 39.3 Å². The molecule has 0 aliphatic heterocycles. The Labute approximate surface area is 189 Å². The second-order valence-electron chi connectivity index (χ2n) is 6.47. The molecule has 0 unspecified atom stereocenters. The number of ether oxygens (including phenoxy) is 2. The van der Waals surface area contributed by atoms with E-state index in [0.29, 0.717) is 0 Å². The van der Waals surface area contributed by atoms with Crippen LogP contribution in [-0.4, -0.2) is 58.3 Å². The number of nitrogens with two attached hydrogens (primary N) is 1. The molecule has 0 aromatic heterocycles. The quantitative estimate of drug-likeness (QED) is 0.461. The lowest BCUT2D eigenvalue weighted by Crippen LogP contribution is -2.41. The second kappa shape index (κ2) is 10.3. The molecule has 0 aliphatic carbocycles. The van der Waals surface area contributed by atoms with Crippen LogP contribution in [0.4, 0.5) is 0 Å². The summed E-state index contributed by atoms with van der Waals surface area (Å²) in [6, 6.07) is 7.85. The highest BCUT2D eigenvalue weighted by atomic mass is 35.5. The number of benzene rings is 2. The van der Waals surface area contributed by atoms with E-state index in [0.717, 1.165) is 4.31 Å². The Morgan fingerprint density at radius 1 is 1.06 bits per heavy atom. The molecule has 0 bridgehead atoms. The van der Waals surface area contributed by atoms with Crippen LogP contribution in [0.25, 0.3) is 0 Å². The monoisotopic (exact) mass is 484 g/mol. The Balaban J connectivity index is 2.15. The molecule has 0 fully saturated rings. The fraction of sp³-hybridized carbons (Fsp3) is 0.211. The number of nitrogens with one attached hydrogen (secondary N) is 2. The highest BCUT2D eigenvalue weighted by Crippen LogP contribution is 2.36. The number of hydrogen-bond donors (Lipinski definition) is 3. The van der Waals surface area contributed by atoms with E-state index in [1.807, 2.05) is 0 Å². The van der Waals surface area contributed by atoms with Gasteiger partial charge < -0.3 is 15.2 Å². The fourth-order valence-electron chi connectivity index (χ4n) is 2.40. The molecular weight excluding hydrogens is 464 g/mol. The Bertz CT molecular complexity index is 1150. The Morgan fingerprint density at radius 3 is 2.25 bits per heavy atom. The Kier molecular flexibility index (Phi) is 8.02. The van der Waals surface area contributed by atoms with Gasteiger partial charge in [-0.15, -0.1) is 0 Å². The zero-order chi connectivity index (χ0) is 24.1. The van der Waals surface area contributed by atoms with E-state index in [1.54, 1.807) is 0 Å². The van der Waals surface area contributed by atoms with Gasteiger partial charge in [0.2, 0.25) is 10.0 Å². The van der Waals surface area contributed by atoms with Crippen molar-refractivity contribution in [2.75, 3.05) is 27.8 Å². The van der Waals surface area contributed by atoms with Gasteiger partial charge in [-0.2, -0.15) is 0 Å². The molecule has 11 nitrogen and oxygen atoms in total.